The molecule has 1 aromatic carbocycles. The van der Waals surface area contributed by atoms with Gasteiger partial charge in [-0.2, -0.15) is 13.2 Å². The van der Waals surface area contributed by atoms with Crippen molar-refractivity contribution in [2.75, 3.05) is 32.1 Å². The maximum absolute atomic E-state index is 12.9. The van der Waals surface area contributed by atoms with Crippen LogP contribution in [0.1, 0.15) is 18.4 Å². The number of hydrogen-bond acceptors (Lipinski definition) is 4. The van der Waals surface area contributed by atoms with E-state index < -0.39 is 34.1 Å². The highest BCUT2D eigenvalue weighted by molar-refractivity contribution is 6.31. The first-order valence-electron chi connectivity index (χ1n) is 7.82. The molecule has 1 fully saturated rings. The third kappa shape index (κ3) is 4.87. The van der Waals surface area contributed by atoms with Crippen LogP contribution in [0.15, 0.2) is 18.2 Å². The van der Waals surface area contributed by atoms with Crippen LogP contribution >= 0.6 is 11.6 Å². The quantitative estimate of drug-likeness (QED) is 0.821. The molecule has 1 saturated heterocycles. The summed E-state index contributed by atoms with van der Waals surface area (Å²) in [4.78, 5) is 25.7. The number of carbonyl (C=O) groups excluding carboxylic acids is 2. The maximum Gasteiger partial charge on any atom is 0.417 e. The summed E-state index contributed by atoms with van der Waals surface area (Å²) in [7, 11) is 1.41. The normalized spacial score (nSPS) is 16.8. The van der Waals surface area contributed by atoms with Crippen molar-refractivity contribution < 1.29 is 27.5 Å². The molecule has 1 heterocycles. The van der Waals surface area contributed by atoms with Crippen molar-refractivity contribution in [3.63, 3.8) is 0 Å². The topological polar surface area (TPSA) is 84.7 Å². The highest BCUT2D eigenvalue weighted by Gasteiger charge is 2.38. The fourth-order valence-corrected chi connectivity index (χ4v) is 2.86. The Morgan fingerprint density at radius 3 is 2.54 bits per heavy atom. The van der Waals surface area contributed by atoms with E-state index in [2.05, 4.69) is 5.32 Å². The summed E-state index contributed by atoms with van der Waals surface area (Å²) < 4.78 is 43.7. The van der Waals surface area contributed by atoms with Crippen LogP contribution < -0.4 is 11.1 Å². The van der Waals surface area contributed by atoms with Crippen molar-refractivity contribution in [3.05, 3.63) is 28.8 Å². The van der Waals surface area contributed by atoms with Crippen molar-refractivity contribution >= 4 is 29.1 Å². The molecule has 0 aliphatic carbocycles. The Balaban J connectivity index is 2.01. The van der Waals surface area contributed by atoms with Gasteiger partial charge < -0.3 is 20.7 Å². The van der Waals surface area contributed by atoms with Gasteiger partial charge in [-0.05, 0) is 31.0 Å². The summed E-state index contributed by atoms with van der Waals surface area (Å²) >= 11 is 5.53. The number of benzene rings is 1. The molecule has 0 unspecified atom stereocenters. The van der Waals surface area contributed by atoms with Crippen molar-refractivity contribution in [3.8, 4) is 0 Å². The molecule has 0 radical (unpaired) electrons. The van der Waals surface area contributed by atoms with E-state index in [0.29, 0.717) is 26.1 Å². The number of anilines is 1. The first-order chi connectivity index (χ1) is 12.0. The van der Waals surface area contributed by atoms with Crippen LogP contribution in [0, 0.1) is 0 Å². The number of carbonyl (C=O) groups is 2. The molecule has 0 atom stereocenters. The van der Waals surface area contributed by atoms with Gasteiger partial charge in [0.2, 0.25) is 11.8 Å². The van der Waals surface area contributed by atoms with E-state index in [1.165, 1.54) is 13.1 Å². The van der Waals surface area contributed by atoms with E-state index in [-0.39, 0.29) is 12.2 Å². The molecule has 0 saturated carbocycles. The van der Waals surface area contributed by atoms with E-state index in [9.17, 15) is 22.8 Å². The molecular weight excluding hydrogens is 375 g/mol. The number of likely N-dealkylation sites (N-methyl/N-ethyl adjacent to an activating group) is 1. The monoisotopic (exact) mass is 393 g/mol. The van der Waals surface area contributed by atoms with Crippen LogP contribution in [0.3, 0.4) is 0 Å². The fourth-order valence-electron chi connectivity index (χ4n) is 2.64. The van der Waals surface area contributed by atoms with E-state index in [1.54, 1.807) is 0 Å². The van der Waals surface area contributed by atoms with Gasteiger partial charge in [0.15, 0.2) is 0 Å². The average molecular weight is 394 g/mol. The minimum atomic E-state index is -4.64. The van der Waals surface area contributed by atoms with E-state index >= 15 is 0 Å². The molecular formula is C16H19ClF3N3O3. The number of ether oxygens (including phenoxy) is 1. The van der Waals surface area contributed by atoms with Crippen molar-refractivity contribution in [1.82, 2.24) is 4.90 Å². The van der Waals surface area contributed by atoms with Gasteiger partial charge in [0.05, 0.1) is 22.7 Å². The zero-order valence-corrected chi connectivity index (χ0v) is 14.8. The molecule has 2 amide bonds. The van der Waals surface area contributed by atoms with Gasteiger partial charge >= 0.3 is 6.18 Å². The largest absolute Gasteiger partial charge is 0.417 e. The SMILES string of the molecule is CN(CC(=O)Nc1ccc(Cl)c(C(F)(F)F)c1)C(=O)C1(N)CCOCC1. The molecule has 0 bridgehead atoms. The number of halogens is 4. The summed E-state index contributed by atoms with van der Waals surface area (Å²) in [5.74, 6) is -1.06. The number of alkyl halides is 3. The van der Waals surface area contributed by atoms with Crippen LogP contribution in [-0.4, -0.2) is 49.1 Å². The Morgan fingerprint density at radius 2 is 1.96 bits per heavy atom. The Bertz CT molecular complexity index is 691. The standard InChI is InChI=1S/C16H19ClF3N3O3/c1-23(14(25)15(21)4-6-26-7-5-15)9-13(24)22-10-2-3-12(17)11(8-10)16(18,19)20/h2-3,8H,4-7,9,21H2,1H3,(H,22,24). The molecule has 1 aliphatic heterocycles. The molecule has 26 heavy (non-hydrogen) atoms. The minimum Gasteiger partial charge on any atom is -0.381 e. The second kappa shape index (κ2) is 7.81. The molecule has 1 aliphatic rings. The molecule has 144 valence electrons. The van der Waals surface area contributed by atoms with Crippen LogP contribution in [0.5, 0.6) is 0 Å². The van der Waals surface area contributed by atoms with Gasteiger partial charge in [-0.1, -0.05) is 11.6 Å². The van der Waals surface area contributed by atoms with Crippen LogP contribution in [0.4, 0.5) is 18.9 Å². The molecule has 6 nitrogen and oxygen atoms in total. The van der Waals surface area contributed by atoms with Gasteiger partial charge in [-0.3, -0.25) is 9.59 Å². The molecule has 2 rings (SSSR count). The van der Waals surface area contributed by atoms with Crippen molar-refractivity contribution in [2.45, 2.75) is 24.6 Å². The predicted molar refractivity (Wildman–Crippen MR) is 89.7 cm³/mol. The summed E-state index contributed by atoms with van der Waals surface area (Å²) in [6, 6.07) is 3.04. The summed E-state index contributed by atoms with van der Waals surface area (Å²) in [5.41, 5.74) is 3.85. The van der Waals surface area contributed by atoms with E-state index in [0.717, 1.165) is 17.0 Å². The first kappa shape index (κ1) is 20.5. The summed E-state index contributed by atoms with van der Waals surface area (Å²) in [5, 5.41) is 1.86. The molecule has 10 heteroatoms. The highest BCUT2D eigenvalue weighted by atomic mass is 35.5. The lowest BCUT2D eigenvalue weighted by molar-refractivity contribution is -0.141. The van der Waals surface area contributed by atoms with Crippen LogP contribution in [-0.2, 0) is 20.5 Å². The lowest BCUT2D eigenvalue weighted by Gasteiger charge is -2.35. The third-order valence-electron chi connectivity index (χ3n) is 4.09. The van der Waals surface area contributed by atoms with Crippen molar-refractivity contribution in [2.24, 2.45) is 5.73 Å². The molecule has 0 spiro atoms. The van der Waals surface area contributed by atoms with Gasteiger partial charge in [0.25, 0.3) is 0 Å². The number of nitrogens with two attached hydrogens (primary N) is 1. The smallest absolute Gasteiger partial charge is 0.381 e. The fraction of sp³-hybridized carbons (Fsp3) is 0.500. The average Bonchev–Trinajstić information content (AvgIpc) is 2.55. The molecule has 0 aromatic heterocycles. The lowest BCUT2D eigenvalue weighted by atomic mass is 9.90. The Morgan fingerprint density at radius 1 is 1.35 bits per heavy atom. The maximum atomic E-state index is 12.9. The number of hydrogen-bond donors (Lipinski definition) is 2. The number of nitrogens with zero attached hydrogens (tertiary/aromatic N) is 1. The number of rotatable bonds is 4. The van der Waals surface area contributed by atoms with E-state index in [1.807, 2.05) is 0 Å². The lowest BCUT2D eigenvalue weighted by Crippen LogP contribution is -2.58. The summed E-state index contributed by atoms with van der Waals surface area (Å²) in [6.07, 6.45) is -3.96. The second-order valence-electron chi connectivity index (χ2n) is 6.17. The predicted octanol–water partition coefficient (Wildman–Crippen LogP) is 2.26. The van der Waals surface area contributed by atoms with Gasteiger partial charge in [0, 0.05) is 25.9 Å². The first-order valence-corrected chi connectivity index (χ1v) is 8.19. The Labute approximate surface area is 153 Å². The van der Waals surface area contributed by atoms with E-state index in [4.69, 9.17) is 22.1 Å². The molecule has 3 N–H and O–H groups in total. The zero-order valence-electron chi connectivity index (χ0n) is 14.0. The second-order valence-corrected chi connectivity index (χ2v) is 6.58. The Hall–Kier alpha value is -1.84. The van der Waals surface area contributed by atoms with Gasteiger partial charge in [-0.15, -0.1) is 0 Å². The zero-order chi connectivity index (χ0) is 19.5. The van der Waals surface area contributed by atoms with Crippen LogP contribution in [0.2, 0.25) is 5.02 Å². The molecule has 1 aromatic rings. The Kier molecular flexibility index (Phi) is 6.15. The number of amides is 2. The number of nitrogens with one attached hydrogen (secondary N) is 1. The summed E-state index contributed by atoms with van der Waals surface area (Å²) in [6.45, 7) is 0.364. The van der Waals surface area contributed by atoms with Crippen LogP contribution in [0.25, 0.3) is 0 Å². The third-order valence-corrected chi connectivity index (χ3v) is 4.42. The highest BCUT2D eigenvalue weighted by Crippen LogP contribution is 2.36. The van der Waals surface area contributed by atoms with Gasteiger partial charge in [0.1, 0.15) is 0 Å². The minimum absolute atomic E-state index is 0.0684. The van der Waals surface area contributed by atoms with Crippen molar-refractivity contribution in [1.29, 1.82) is 0 Å². The van der Waals surface area contributed by atoms with Gasteiger partial charge in [-0.25, -0.2) is 0 Å².